The van der Waals surface area contributed by atoms with Gasteiger partial charge in [-0.15, -0.1) is 0 Å². The van der Waals surface area contributed by atoms with Crippen LogP contribution in [0.4, 0.5) is 10.5 Å². The van der Waals surface area contributed by atoms with Gasteiger partial charge in [0.25, 0.3) is 0 Å². The smallest absolute Gasteiger partial charge is 0.412 e. The lowest BCUT2D eigenvalue weighted by Crippen LogP contribution is -2.19. The summed E-state index contributed by atoms with van der Waals surface area (Å²) in [5, 5.41) is 11.9. The van der Waals surface area contributed by atoms with Crippen LogP contribution in [0.25, 0.3) is 0 Å². The summed E-state index contributed by atoms with van der Waals surface area (Å²) in [6.45, 7) is -0.258. The maximum absolute atomic E-state index is 11.7. The molecule has 0 bridgehead atoms. The number of rotatable bonds is 4. The number of hydrogen-bond donors (Lipinski definition) is 2. The maximum atomic E-state index is 11.7. The van der Waals surface area contributed by atoms with E-state index in [1.54, 1.807) is 24.3 Å². The predicted molar refractivity (Wildman–Crippen MR) is 72.8 cm³/mol. The molecule has 0 aliphatic carbocycles. The third-order valence-corrected chi connectivity index (χ3v) is 2.61. The number of hydrogen-bond acceptors (Lipinski definition) is 3. The van der Waals surface area contributed by atoms with Gasteiger partial charge in [-0.3, -0.25) is 5.32 Å². The van der Waals surface area contributed by atoms with E-state index in [1.165, 1.54) is 0 Å². The molecule has 0 aliphatic heterocycles. The lowest BCUT2D eigenvalue weighted by molar-refractivity contribution is 0.0663. The fourth-order valence-corrected chi connectivity index (χ4v) is 1.68. The minimum absolute atomic E-state index is 0.258. The molecule has 0 fully saturated rings. The highest BCUT2D eigenvalue weighted by Gasteiger charge is 2.15. The Bertz CT molecular complexity index is 513. The Morgan fingerprint density at radius 3 is 2.21 bits per heavy atom. The zero-order valence-electron chi connectivity index (χ0n) is 10.3. The first kappa shape index (κ1) is 13.1. The first-order chi connectivity index (χ1) is 9.29. The standard InChI is InChI=1S/C15H15NO3/c17-11-14(12-7-3-1-4-8-12)19-15(18)16-13-9-5-2-6-10-13/h1-10,14,17H,11H2,(H,16,18). The summed E-state index contributed by atoms with van der Waals surface area (Å²) in [6.07, 6.45) is -1.25. The highest BCUT2D eigenvalue weighted by Crippen LogP contribution is 2.17. The van der Waals surface area contributed by atoms with E-state index >= 15 is 0 Å². The summed E-state index contributed by atoms with van der Waals surface area (Å²) >= 11 is 0. The first-order valence-electron chi connectivity index (χ1n) is 5.98. The summed E-state index contributed by atoms with van der Waals surface area (Å²) in [7, 11) is 0. The van der Waals surface area contributed by atoms with E-state index in [2.05, 4.69) is 5.32 Å². The summed E-state index contributed by atoms with van der Waals surface area (Å²) in [4.78, 5) is 11.7. The summed E-state index contributed by atoms with van der Waals surface area (Å²) < 4.78 is 5.19. The van der Waals surface area contributed by atoms with Gasteiger partial charge in [0, 0.05) is 5.69 Å². The number of amides is 1. The Morgan fingerprint density at radius 1 is 1.05 bits per heavy atom. The van der Waals surface area contributed by atoms with Gasteiger partial charge in [-0.1, -0.05) is 48.5 Å². The molecule has 98 valence electrons. The molecule has 0 spiro atoms. The van der Waals surface area contributed by atoms with Crippen LogP contribution in [0.2, 0.25) is 0 Å². The van der Waals surface area contributed by atoms with E-state index in [9.17, 15) is 9.90 Å². The number of ether oxygens (including phenoxy) is 1. The molecule has 2 aromatic carbocycles. The normalized spacial score (nSPS) is 11.6. The SMILES string of the molecule is O=C(Nc1ccccc1)OC(CO)c1ccccc1. The number of para-hydroxylation sites is 1. The van der Waals surface area contributed by atoms with E-state index in [0.717, 1.165) is 5.56 Å². The van der Waals surface area contributed by atoms with Crippen LogP contribution in [0.3, 0.4) is 0 Å². The Kier molecular flexibility index (Phi) is 4.53. The average Bonchev–Trinajstić information content (AvgIpc) is 2.47. The van der Waals surface area contributed by atoms with Gasteiger partial charge in [0.15, 0.2) is 6.10 Å². The van der Waals surface area contributed by atoms with Gasteiger partial charge in [-0.25, -0.2) is 4.79 Å². The molecule has 0 heterocycles. The highest BCUT2D eigenvalue weighted by atomic mass is 16.6. The van der Waals surface area contributed by atoms with Gasteiger partial charge in [-0.05, 0) is 17.7 Å². The molecule has 0 saturated heterocycles. The van der Waals surface area contributed by atoms with E-state index in [-0.39, 0.29) is 6.61 Å². The second-order valence-electron chi connectivity index (χ2n) is 3.98. The van der Waals surface area contributed by atoms with Gasteiger partial charge < -0.3 is 9.84 Å². The maximum Gasteiger partial charge on any atom is 0.412 e. The van der Waals surface area contributed by atoms with Crippen molar-refractivity contribution in [2.75, 3.05) is 11.9 Å². The second kappa shape index (κ2) is 6.56. The minimum Gasteiger partial charge on any atom is -0.439 e. The van der Waals surface area contributed by atoms with Crippen LogP contribution in [-0.2, 0) is 4.74 Å². The van der Waals surface area contributed by atoms with Gasteiger partial charge >= 0.3 is 6.09 Å². The van der Waals surface area contributed by atoms with Gasteiger partial charge in [0.2, 0.25) is 0 Å². The molecule has 4 nitrogen and oxygen atoms in total. The number of aliphatic hydroxyl groups is 1. The van der Waals surface area contributed by atoms with Crippen LogP contribution in [0.15, 0.2) is 60.7 Å². The lowest BCUT2D eigenvalue weighted by atomic mass is 10.1. The fraction of sp³-hybridized carbons (Fsp3) is 0.133. The molecule has 2 aromatic rings. The van der Waals surface area contributed by atoms with Crippen molar-refractivity contribution in [1.29, 1.82) is 0 Å². The molecule has 2 N–H and O–H groups in total. The number of carbonyl (C=O) groups is 1. The van der Waals surface area contributed by atoms with E-state index < -0.39 is 12.2 Å². The van der Waals surface area contributed by atoms with E-state index in [4.69, 9.17) is 4.74 Å². The van der Waals surface area contributed by atoms with Crippen LogP contribution in [0, 0.1) is 0 Å². The Balaban J connectivity index is 1.97. The number of nitrogens with one attached hydrogen (secondary N) is 1. The lowest BCUT2D eigenvalue weighted by Gasteiger charge is -2.16. The van der Waals surface area contributed by atoms with Crippen LogP contribution in [0.5, 0.6) is 0 Å². The summed E-state index contributed by atoms with van der Waals surface area (Å²) in [5.41, 5.74) is 1.41. The molecule has 0 aliphatic rings. The van der Waals surface area contributed by atoms with Crippen molar-refractivity contribution in [1.82, 2.24) is 0 Å². The summed E-state index contributed by atoms with van der Waals surface area (Å²) in [6, 6.07) is 18.1. The third kappa shape index (κ3) is 3.82. The largest absolute Gasteiger partial charge is 0.439 e. The minimum atomic E-state index is -0.662. The Hall–Kier alpha value is -2.33. The van der Waals surface area contributed by atoms with Crippen LogP contribution in [-0.4, -0.2) is 17.8 Å². The Labute approximate surface area is 111 Å². The predicted octanol–water partition coefficient (Wildman–Crippen LogP) is 2.97. The molecule has 1 amide bonds. The quantitative estimate of drug-likeness (QED) is 0.885. The monoisotopic (exact) mass is 257 g/mol. The number of carbonyl (C=O) groups excluding carboxylic acids is 1. The van der Waals surface area contributed by atoms with E-state index in [1.807, 2.05) is 36.4 Å². The Morgan fingerprint density at radius 2 is 1.63 bits per heavy atom. The van der Waals surface area contributed by atoms with Crippen LogP contribution in [0.1, 0.15) is 11.7 Å². The summed E-state index contributed by atoms with van der Waals surface area (Å²) in [5.74, 6) is 0. The average molecular weight is 257 g/mol. The first-order valence-corrected chi connectivity index (χ1v) is 5.98. The molecule has 2 rings (SSSR count). The topological polar surface area (TPSA) is 58.6 Å². The van der Waals surface area contributed by atoms with Gasteiger partial charge in [0.1, 0.15) is 0 Å². The molecule has 0 aromatic heterocycles. The second-order valence-corrected chi connectivity index (χ2v) is 3.98. The van der Waals surface area contributed by atoms with Crippen molar-refractivity contribution in [3.63, 3.8) is 0 Å². The molecule has 0 saturated carbocycles. The molecule has 1 atom stereocenters. The van der Waals surface area contributed by atoms with E-state index in [0.29, 0.717) is 5.69 Å². The van der Waals surface area contributed by atoms with Crippen LogP contribution >= 0.6 is 0 Å². The molecular weight excluding hydrogens is 242 g/mol. The molecule has 1 unspecified atom stereocenters. The molecule has 4 heteroatoms. The highest BCUT2D eigenvalue weighted by molar-refractivity contribution is 5.84. The fourth-order valence-electron chi connectivity index (χ4n) is 1.68. The van der Waals surface area contributed by atoms with Crippen molar-refractivity contribution < 1.29 is 14.6 Å². The molecule has 0 radical (unpaired) electrons. The van der Waals surface area contributed by atoms with Crippen molar-refractivity contribution in [2.45, 2.75) is 6.10 Å². The number of aliphatic hydroxyl groups excluding tert-OH is 1. The van der Waals surface area contributed by atoms with Gasteiger partial charge in [0.05, 0.1) is 6.61 Å². The molecular formula is C15H15NO3. The van der Waals surface area contributed by atoms with Crippen molar-refractivity contribution in [3.05, 3.63) is 66.2 Å². The zero-order chi connectivity index (χ0) is 13.5. The third-order valence-electron chi connectivity index (χ3n) is 2.61. The number of benzene rings is 2. The van der Waals surface area contributed by atoms with Gasteiger partial charge in [-0.2, -0.15) is 0 Å². The van der Waals surface area contributed by atoms with Crippen LogP contribution < -0.4 is 5.32 Å². The number of anilines is 1. The molecule has 19 heavy (non-hydrogen) atoms. The van der Waals surface area contributed by atoms with Crippen molar-refractivity contribution in [2.24, 2.45) is 0 Å². The van der Waals surface area contributed by atoms with Crippen molar-refractivity contribution in [3.8, 4) is 0 Å². The van der Waals surface area contributed by atoms with Crippen molar-refractivity contribution >= 4 is 11.8 Å². The zero-order valence-corrected chi connectivity index (χ0v) is 10.3.